The fourth-order valence-corrected chi connectivity index (χ4v) is 4.55. The van der Waals surface area contributed by atoms with Crippen LogP contribution in [0.1, 0.15) is 25.3 Å². The van der Waals surface area contributed by atoms with Crippen molar-refractivity contribution in [1.82, 2.24) is 19.7 Å². The molecule has 1 saturated heterocycles. The number of carbonyl (C=O) groups is 2. The van der Waals surface area contributed by atoms with Gasteiger partial charge < -0.3 is 14.1 Å². The Morgan fingerprint density at radius 3 is 2.56 bits per heavy atom. The van der Waals surface area contributed by atoms with Crippen LogP contribution in [0.2, 0.25) is 0 Å². The summed E-state index contributed by atoms with van der Waals surface area (Å²) >= 11 is 1.35. The first-order valence-corrected chi connectivity index (χ1v) is 11.7. The summed E-state index contributed by atoms with van der Waals surface area (Å²) in [4.78, 5) is 26.5. The zero-order valence-corrected chi connectivity index (χ0v) is 19.0. The van der Waals surface area contributed by atoms with E-state index in [2.05, 4.69) is 10.2 Å². The molecule has 0 atom stereocenters. The lowest BCUT2D eigenvalue weighted by Crippen LogP contribution is -2.41. The van der Waals surface area contributed by atoms with Crippen molar-refractivity contribution < 1.29 is 18.7 Å². The molecule has 3 heterocycles. The van der Waals surface area contributed by atoms with Crippen molar-refractivity contribution in [3.8, 4) is 17.3 Å². The van der Waals surface area contributed by atoms with Gasteiger partial charge in [-0.25, -0.2) is 0 Å². The van der Waals surface area contributed by atoms with E-state index in [0.717, 1.165) is 11.3 Å². The number of hydrogen-bond donors (Lipinski definition) is 0. The minimum absolute atomic E-state index is 0.0234. The van der Waals surface area contributed by atoms with Crippen LogP contribution in [-0.4, -0.2) is 57.0 Å². The van der Waals surface area contributed by atoms with Gasteiger partial charge in [-0.15, -0.1) is 10.2 Å². The molecule has 1 fully saturated rings. The minimum Gasteiger partial charge on any atom is -0.466 e. The number of aromatic nitrogens is 3. The molecule has 2 aromatic heterocycles. The predicted molar refractivity (Wildman–Crippen MR) is 120 cm³/mol. The van der Waals surface area contributed by atoms with Crippen molar-refractivity contribution in [1.29, 1.82) is 0 Å². The molecule has 0 radical (unpaired) electrons. The average Bonchev–Trinajstić information content (AvgIpc) is 3.48. The summed E-state index contributed by atoms with van der Waals surface area (Å²) in [6.07, 6.45) is 2.87. The van der Waals surface area contributed by atoms with E-state index in [9.17, 15) is 9.59 Å². The molecule has 1 amide bonds. The Hall–Kier alpha value is -3.07. The molecule has 9 heteroatoms. The van der Waals surface area contributed by atoms with Crippen LogP contribution in [0.3, 0.4) is 0 Å². The zero-order valence-electron chi connectivity index (χ0n) is 18.2. The third-order valence-electron chi connectivity index (χ3n) is 5.46. The SMILES string of the molecule is CCOC(=O)C1CCN(C(=O)CSc2nnc(-c3ccco3)n2-c2ccc(C)cc2)CC1. The van der Waals surface area contributed by atoms with E-state index in [0.29, 0.717) is 49.3 Å². The van der Waals surface area contributed by atoms with E-state index in [-0.39, 0.29) is 23.5 Å². The van der Waals surface area contributed by atoms with Crippen molar-refractivity contribution in [3.63, 3.8) is 0 Å². The van der Waals surface area contributed by atoms with Gasteiger partial charge in [0.05, 0.1) is 24.5 Å². The van der Waals surface area contributed by atoms with Crippen LogP contribution < -0.4 is 0 Å². The number of ether oxygens (including phenoxy) is 1. The largest absolute Gasteiger partial charge is 0.466 e. The number of carbonyl (C=O) groups excluding carboxylic acids is 2. The van der Waals surface area contributed by atoms with E-state index >= 15 is 0 Å². The van der Waals surface area contributed by atoms with Crippen LogP contribution in [0, 0.1) is 12.8 Å². The van der Waals surface area contributed by atoms with Crippen molar-refractivity contribution in [2.45, 2.75) is 31.8 Å². The number of benzene rings is 1. The van der Waals surface area contributed by atoms with E-state index in [1.807, 2.05) is 46.7 Å². The summed E-state index contributed by atoms with van der Waals surface area (Å²) < 4.78 is 12.6. The average molecular weight is 455 g/mol. The number of furan rings is 1. The van der Waals surface area contributed by atoms with E-state index in [4.69, 9.17) is 9.15 Å². The van der Waals surface area contributed by atoms with Gasteiger partial charge in [-0.3, -0.25) is 14.2 Å². The number of esters is 1. The molecule has 0 saturated carbocycles. The molecule has 1 aliphatic heterocycles. The van der Waals surface area contributed by atoms with Gasteiger partial charge in [-0.05, 0) is 51.0 Å². The number of amides is 1. The number of aryl methyl sites for hydroxylation is 1. The fourth-order valence-electron chi connectivity index (χ4n) is 3.70. The third-order valence-corrected chi connectivity index (χ3v) is 6.37. The summed E-state index contributed by atoms with van der Waals surface area (Å²) in [6.45, 7) is 5.34. The minimum atomic E-state index is -0.161. The van der Waals surface area contributed by atoms with E-state index in [1.54, 1.807) is 19.3 Å². The molecule has 4 rings (SSSR count). The highest BCUT2D eigenvalue weighted by atomic mass is 32.2. The quantitative estimate of drug-likeness (QED) is 0.397. The summed E-state index contributed by atoms with van der Waals surface area (Å²) in [5.74, 6) is 1.18. The summed E-state index contributed by atoms with van der Waals surface area (Å²) in [5, 5.41) is 9.26. The molecule has 0 bridgehead atoms. The molecular weight excluding hydrogens is 428 g/mol. The molecular formula is C23H26N4O4S. The maximum Gasteiger partial charge on any atom is 0.309 e. The first kappa shape index (κ1) is 22.1. The fraction of sp³-hybridized carbons (Fsp3) is 0.391. The molecule has 8 nitrogen and oxygen atoms in total. The predicted octanol–water partition coefficient (Wildman–Crippen LogP) is 3.73. The van der Waals surface area contributed by atoms with Crippen LogP contribution in [0.5, 0.6) is 0 Å². The Kier molecular flexibility index (Phi) is 6.94. The summed E-state index contributed by atoms with van der Waals surface area (Å²) in [6, 6.07) is 11.7. The molecule has 0 unspecified atom stereocenters. The number of piperidine rings is 1. The summed E-state index contributed by atoms with van der Waals surface area (Å²) in [5.41, 5.74) is 2.05. The Morgan fingerprint density at radius 2 is 1.91 bits per heavy atom. The second-order valence-corrected chi connectivity index (χ2v) is 8.59. The Bertz CT molecular complexity index is 1050. The van der Waals surface area contributed by atoms with Crippen LogP contribution in [-0.2, 0) is 14.3 Å². The van der Waals surface area contributed by atoms with Gasteiger partial charge in [0.15, 0.2) is 10.9 Å². The molecule has 32 heavy (non-hydrogen) atoms. The molecule has 0 aliphatic carbocycles. The second-order valence-electron chi connectivity index (χ2n) is 7.65. The van der Waals surface area contributed by atoms with Crippen LogP contribution in [0.15, 0.2) is 52.2 Å². The van der Waals surface area contributed by atoms with Gasteiger partial charge in [-0.1, -0.05) is 29.5 Å². The molecule has 1 aromatic carbocycles. The highest BCUT2D eigenvalue weighted by Gasteiger charge is 2.28. The summed E-state index contributed by atoms with van der Waals surface area (Å²) in [7, 11) is 0. The third kappa shape index (κ3) is 4.88. The number of hydrogen-bond acceptors (Lipinski definition) is 7. The van der Waals surface area contributed by atoms with Gasteiger partial charge in [0.1, 0.15) is 0 Å². The van der Waals surface area contributed by atoms with Crippen LogP contribution >= 0.6 is 11.8 Å². The first-order valence-electron chi connectivity index (χ1n) is 10.7. The van der Waals surface area contributed by atoms with Crippen molar-refractivity contribution in [3.05, 3.63) is 48.2 Å². The molecule has 0 spiro atoms. The van der Waals surface area contributed by atoms with Gasteiger partial charge >= 0.3 is 5.97 Å². The standard InChI is InChI=1S/C23H26N4O4S/c1-3-30-22(29)17-10-12-26(13-11-17)20(28)15-32-23-25-24-21(19-5-4-14-31-19)27(23)18-8-6-16(2)7-9-18/h4-9,14,17H,3,10-13,15H2,1-2H3. The maximum absolute atomic E-state index is 12.8. The molecule has 168 valence electrons. The molecule has 3 aromatic rings. The van der Waals surface area contributed by atoms with Gasteiger partial charge in [-0.2, -0.15) is 0 Å². The highest BCUT2D eigenvalue weighted by molar-refractivity contribution is 7.99. The lowest BCUT2D eigenvalue weighted by atomic mass is 9.97. The van der Waals surface area contributed by atoms with E-state index < -0.39 is 0 Å². The number of rotatable bonds is 7. The number of thioether (sulfide) groups is 1. The van der Waals surface area contributed by atoms with E-state index in [1.165, 1.54) is 11.8 Å². The highest BCUT2D eigenvalue weighted by Crippen LogP contribution is 2.29. The lowest BCUT2D eigenvalue weighted by Gasteiger charge is -2.30. The topological polar surface area (TPSA) is 90.5 Å². The monoisotopic (exact) mass is 454 g/mol. The maximum atomic E-state index is 12.8. The van der Waals surface area contributed by atoms with Crippen LogP contribution in [0.4, 0.5) is 0 Å². The Labute approximate surface area is 190 Å². The first-order chi connectivity index (χ1) is 15.6. The van der Waals surface area contributed by atoms with Gasteiger partial charge in [0, 0.05) is 18.8 Å². The number of likely N-dealkylation sites (tertiary alicyclic amines) is 1. The smallest absolute Gasteiger partial charge is 0.309 e. The van der Waals surface area contributed by atoms with Gasteiger partial charge in [0.25, 0.3) is 0 Å². The van der Waals surface area contributed by atoms with Crippen LogP contribution in [0.25, 0.3) is 17.3 Å². The lowest BCUT2D eigenvalue weighted by molar-refractivity contribution is -0.151. The molecule has 0 N–H and O–H groups in total. The Balaban J connectivity index is 1.45. The normalized spacial score (nSPS) is 14.5. The van der Waals surface area contributed by atoms with Crippen molar-refractivity contribution in [2.24, 2.45) is 5.92 Å². The second kappa shape index (κ2) is 10.0. The zero-order chi connectivity index (χ0) is 22.5. The van der Waals surface area contributed by atoms with Gasteiger partial charge in [0.2, 0.25) is 11.7 Å². The van der Waals surface area contributed by atoms with Crippen molar-refractivity contribution in [2.75, 3.05) is 25.4 Å². The van der Waals surface area contributed by atoms with Crippen molar-refractivity contribution >= 4 is 23.6 Å². The number of nitrogens with zero attached hydrogens (tertiary/aromatic N) is 4. The Morgan fingerprint density at radius 1 is 1.16 bits per heavy atom. The molecule has 1 aliphatic rings.